The number of halogens is 1. The van der Waals surface area contributed by atoms with Crippen LogP contribution in [0.25, 0.3) is 0 Å². The molecule has 0 saturated heterocycles. The molecule has 6 nitrogen and oxygen atoms in total. The van der Waals surface area contributed by atoms with Crippen molar-refractivity contribution in [1.29, 1.82) is 0 Å². The summed E-state index contributed by atoms with van der Waals surface area (Å²) in [6.45, 7) is 1.06. The Morgan fingerprint density at radius 3 is 2.65 bits per heavy atom. The number of benzene rings is 1. The van der Waals surface area contributed by atoms with Crippen molar-refractivity contribution in [3.05, 3.63) is 28.2 Å². The van der Waals surface area contributed by atoms with E-state index in [1.54, 1.807) is 14.2 Å². The molecule has 0 heterocycles. The lowest BCUT2D eigenvalue weighted by Gasteiger charge is -2.18. The van der Waals surface area contributed by atoms with E-state index in [-0.39, 0.29) is 16.4 Å². The summed E-state index contributed by atoms with van der Waals surface area (Å²) in [6.07, 6.45) is 0.700. The molecule has 0 bridgehead atoms. The Morgan fingerprint density at radius 1 is 1.45 bits per heavy atom. The van der Waals surface area contributed by atoms with Crippen LogP contribution in [0, 0.1) is 0 Å². The largest absolute Gasteiger partial charge is 0.385 e. The zero-order chi connectivity index (χ0) is 15.3. The van der Waals surface area contributed by atoms with Crippen molar-refractivity contribution in [2.45, 2.75) is 11.3 Å². The van der Waals surface area contributed by atoms with E-state index in [0.717, 1.165) is 0 Å². The van der Waals surface area contributed by atoms with E-state index < -0.39 is 10.0 Å². The third-order valence-electron chi connectivity index (χ3n) is 2.69. The minimum atomic E-state index is -3.83. The molecule has 0 aliphatic heterocycles. The molecule has 0 aromatic heterocycles. The predicted molar refractivity (Wildman–Crippen MR) is 79.0 cm³/mol. The highest BCUT2D eigenvalue weighted by Gasteiger charge is 2.18. The summed E-state index contributed by atoms with van der Waals surface area (Å²) in [7, 11) is -0.596. The lowest BCUT2D eigenvalue weighted by Crippen LogP contribution is -2.29. The molecule has 0 spiro atoms. The Kier molecular flexibility index (Phi) is 6.12. The number of hydrogen-bond donors (Lipinski definition) is 1. The second-order valence-corrected chi connectivity index (χ2v) is 6.68. The number of nitrogens with zero attached hydrogens (tertiary/aromatic N) is 1. The first kappa shape index (κ1) is 17.1. The molecule has 0 aliphatic carbocycles. The number of ether oxygens (including phenoxy) is 1. The van der Waals surface area contributed by atoms with E-state index in [9.17, 15) is 13.2 Å². The van der Waals surface area contributed by atoms with Crippen molar-refractivity contribution in [3.63, 3.8) is 0 Å². The van der Waals surface area contributed by atoms with Gasteiger partial charge >= 0.3 is 0 Å². The highest BCUT2D eigenvalue weighted by Crippen LogP contribution is 2.21. The van der Waals surface area contributed by atoms with Crippen LogP contribution in [0.15, 0.2) is 27.6 Å². The zero-order valence-electron chi connectivity index (χ0n) is 11.3. The highest BCUT2D eigenvalue weighted by molar-refractivity contribution is 9.10. The first-order valence-corrected chi connectivity index (χ1v) is 8.18. The SMILES string of the molecule is COCCCN(C)C(=O)c1cc(S(N)(=O)=O)ccc1Br. The van der Waals surface area contributed by atoms with E-state index in [0.29, 0.717) is 24.0 Å². The fourth-order valence-electron chi connectivity index (χ4n) is 1.60. The molecule has 0 fully saturated rings. The summed E-state index contributed by atoms with van der Waals surface area (Å²) >= 11 is 3.24. The normalized spacial score (nSPS) is 11.4. The molecule has 2 N–H and O–H groups in total. The Balaban J connectivity index is 2.97. The smallest absolute Gasteiger partial charge is 0.254 e. The summed E-state index contributed by atoms with van der Waals surface area (Å²) in [5.41, 5.74) is 0.261. The fraction of sp³-hybridized carbons (Fsp3) is 0.417. The summed E-state index contributed by atoms with van der Waals surface area (Å²) in [6, 6.07) is 4.12. The molecule has 0 radical (unpaired) electrons. The number of carbonyl (C=O) groups is 1. The van der Waals surface area contributed by atoms with Gasteiger partial charge in [0.1, 0.15) is 0 Å². The number of nitrogens with two attached hydrogens (primary N) is 1. The number of hydrogen-bond acceptors (Lipinski definition) is 4. The second-order valence-electron chi connectivity index (χ2n) is 4.26. The Hall–Kier alpha value is -0.960. The number of methoxy groups -OCH3 is 1. The summed E-state index contributed by atoms with van der Waals surface area (Å²) in [5, 5.41) is 5.07. The van der Waals surface area contributed by atoms with E-state index in [1.165, 1.54) is 23.1 Å². The van der Waals surface area contributed by atoms with Gasteiger partial charge in [-0.25, -0.2) is 13.6 Å². The predicted octanol–water partition coefficient (Wildman–Crippen LogP) is 1.21. The highest BCUT2D eigenvalue weighted by atomic mass is 79.9. The number of primary sulfonamides is 1. The van der Waals surface area contributed by atoms with Crippen LogP contribution in [-0.2, 0) is 14.8 Å². The van der Waals surface area contributed by atoms with Gasteiger partial charge in [-0.2, -0.15) is 0 Å². The van der Waals surface area contributed by atoms with E-state index in [4.69, 9.17) is 9.88 Å². The zero-order valence-corrected chi connectivity index (χ0v) is 13.7. The van der Waals surface area contributed by atoms with Crippen LogP contribution in [-0.4, -0.2) is 46.5 Å². The van der Waals surface area contributed by atoms with Crippen molar-refractivity contribution in [1.82, 2.24) is 4.90 Å². The maximum absolute atomic E-state index is 12.3. The Bertz CT molecular complexity index is 589. The van der Waals surface area contributed by atoms with Gasteiger partial charge in [0, 0.05) is 31.8 Å². The van der Waals surface area contributed by atoms with E-state index in [1.807, 2.05) is 0 Å². The molecule has 0 atom stereocenters. The first-order valence-electron chi connectivity index (χ1n) is 5.84. The third-order valence-corrected chi connectivity index (χ3v) is 4.29. The molecular formula is C12H17BrN2O4S. The summed E-state index contributed by atoms with van der Waals surface area (Å²) < 4.78 is 28.1. The van der Waals surface area contributed by atoms with Crippen molar-refractivity contribution >= 4 is 31.9 Å². The van der Waals surface area contributed by atoms with Crippen LogP contribution in [0.4, 0.5) is 0 Å². The molecular weight excluding hydrogens is 348 g/mol. The van der Waals surface area contributed by atoms with Gasteiger partial charge in [-0.1, -0.05) is 0 Å². The third kappa shape index (κ3) is 4.55. The van der Waals surface area contributed by atoms with Gasteiger partial charge in [-0.15, -0.1) is 0 Å². The monoisotopic (exact) mass is 364 g/mol. The van der Waals surface area contributed by atoms with Crippen LogP contribution >= 0.6 is 15.9 Å². The first-order chi connectivity index (χ1) is 9.27. The summed E-state index contributed by atoms with van der Waals surface area (Å²) in [4.78, 5) is 13.7. The van der Waals surface area contributed by atoms with Gasteiger partial charge in [-0.05, 0) is 40.5 Å². The Labute approximate surface area is 127 Å². The molecule has 0 unspecified atom stereocenters. The lowest BCUT2D eigenvalue weighted by molar-refractivity contribution is 0.0778. The van der Waals surface area contributed by atoms with Crippen molar-refractivity contribution in [2.75, 3.05) is 27.3 Å². The average Bonchev–Trinajstić information content (AvgIpc) is 2.37. The Morgan fingerprint density at radius 2 is 2.10 bits per heavy atom. The average molecular weight is 365 g/mol. The number of sulfonamides is 1. The van der Waals surface area contributed by atoms with Gasteiger partial charge in [0.25, 0.3) is 5.91 Å². The molecule has 0 aliphatic rings. The minimum Gasteiger partial charge on any atom is -0.385 e. The van der Waals surface area contributed by atoms with Gasteiger partial charge in [0.05, 0.1) is 10.5 Å². The van der Waals surface area contributed by atoms with Crippen LogP contribution in [0.1, 0.15) is 16.8 Å². The molecule has 1 aromatic rings. The molecule has 20 heavy (non-hydrogen) atoms. The maximum atomic E-state index is 12.3. The van der Waals surface area contributed by atoms with Gasteiger partial charge in [0.15, 0.2) is 0 Å². The van der Waals surface area contributed by atoms with Gasteiger partial charge in [0.2, 0.25) is 10.0 Å². The second kappa shape index (κ2) is 7.16. The molecule has 8 heteroatoms. The number of carbonyl (C=O) groups excluding carboxylic acids is 1. The van der Waals surface area contributed by atoms with Crippen LogP contribution in [0.3, 0.4) is 0 Å². The fourth-order valence-corrected chi connectivity index (χ4v) is 2.55. The van der Waals surface area contributed by atoms with Gasteiger partial charge in [-0.3, -0.25) is 4.79 Å². The molecule has 1 amide bonds. The lowest BCUT2D eigenvalue weighted by atomic mass is 10.2. The standard InChI is InChI=1S/C12H17BrN2O4S/c1-15(6-3-7-19-2)12(16)10-8-9(20(14,17)18)4-5-11(10)13/h4-5,8H,3,6-7H2,1-2H3,(H2,14,17,18). The number of amides is 1. The van der Waals surface area contributed by atoms with E-state index in [2.05, 4.69) is 15.9 Å². The molecule has 1 rings (SSSR count). The van der Waals surface area contributed by atoms with Crippen LogP contribution in [0.5, 0.6) is 0 Å². The van der Waals surface area contributed by atoms with Crippen molar-refractivity contribution in [2.24, 2.45) is 5.14 Å². The topological polar surface area (TPSA) is 89.7 Å². The molecule has 112 valence electrons. The van der Waals surface area contributed by atoms with Gasteiger partial charge < -0.3 is 9.64 Å². The van der Waals surface area contributed by atoms with E-state index >= 15 is 0 Å². The van der Waals surface area contributed by atoms with Crippen LogP contribution < -0.4 is 5.14 Å². The summed E-state index contributed by atoms with van der Waals surface area (Å²) in [5.74, 6) is -0.279. The quantitative estimate of drug-likeness (QED) is 0.768. The molecule has 1 aromatic carbocycles. The minimum absolute atomic E-state index is 0.0886. The van der Waals surface area contributed by atoms with Crippen molar-refractivity contribution < 1.29 is 17.9 Å². The van der Waals surface area contributed by atoms with Crippen molar-refractivity contribution in [3.8, 4) is 0 Å². The van der Waals surface area contributed by atoms with Crippen LogP contribution in [0.2, 0.25) is 0 Å². The molecule has 0 saturated carbocycles. The number of rotatable bonds is 6. The maximum Gasteiger partial charge on any atom is 0.254 e.